The van der Waals surface area contributed by atoms with E-state index in [1.54, 1.807) is 6.20 Å². The summed E-state index contributed by atoms with van der Waals surface area (Å²) in [4.78, 5) is 0. The topological polar surface area (TPSA) is 50.1 Å². The van der Waals surface area contributed by atoms with Gasteiger partial charge in [-0.2, -0.15) is 5.10 Å². The minimum Gasteiger partial charge on any atom is -0.384 e. The first-order valence-electron chi connectivity index (χ1n) is 7.28. The van der Waals surface area contributed by atoms with E-state index in [4.69, 9.17) is 0 Å². The maximum absolute atomic E-state index is 11.0. The molecule has 0 spiro atoms. The summed E-state index contributed by atoms with van der Waals surface area (Å²) >= 11 is 3.54. The van der Waals surface area contributed by atoms with Crippen molar-refractivity contribution in [3.63, 3.8) is 0 Å². The van der Waals surface area contributed by atoms with E-state index in [0.29, 0.717) is 6.04 Å². The molecule has 0 unspecified atom stereocenters. The van der Waals surface area contributed by atoms with Crippen LogP contribution in [0.25, 0.3) is 0 Å². The molecule has 1 saturated carbocycles. The molecule has 0 radical (unpaired) electrons. The number of aliphatic hydroxyl groups is 1. The molecule has 2 N–H and O–H groups in total. The summed E-state index contributed by atoms with van der Waals surface area (Å²) in [5.74, 6) is 0. The van der Waals surface area contributed by atoms with Crippen LogP contribution >= 0.6 is 15.9 Å². The summed E-state index contributed by atoms with van der Waals surface area (Å²) in [6, 6.07) is 0.548. The molecular formula is C14H24BrN3O. The number of hydrogen-bond acceptors (Lipinski definition) is 3. The molecule has 19 heavy (non-hydrogen) atoms. The normalized spacial score (nSPS) is 27.7. The highest BCUT2D eigenvalue weighted by Gasteiger charge is 2.38. The van der Waals surface area contributed by atoms with Crippen molar-refractivity contribution in [2.75, 3.05) is 6.54 Å². The maximum Gasteiger partial charge on any atom is 0.107 e. The molecule has 0 atom stereocenters. The molecule has 1 aromatic heterocycles. The van der Waals surface area contributed by atoms with Gasteiger partial charge in [0.05, 0.1) is 16.4 Å². The molecule has 1 aliphatic carbocycles. The van der Waals surface area contributed by atoms with Gasteiger partial charge in [0.25, 0.3) is 0 Å². The van der Waals surface area contributed by atoms with E-state index in [9.17, 15) is 5.11 Å². The van der Waals surface area contributed by atoms with Crippen LogP contribution in [0.1, 0.15) is 51.6 Å². The Kier molecular flexibility index (Phi) is 5.03. The molecule has 0 aromatic carbocycles. The SMILES string of the molecule is CCCn1ncc(Br)c1C1(O)CCC(NCC)CC1. The summed E-state index contributed by atoms with van der Waals surface area (Å²) in [6.45, 7) is 6.12. The predicted molar refractivity (Wildman–Crippen MR) is 80.0 cm³/mol. The molecular weight excluding hydrogens is 306 g/mol. The van der Waals surface area contributed by atoms with Crippen molar-refractivity contribution in [1.82, 2.24) is 15.1 Å². The number of nitrogens with zero attached hydrogens (tertiary/aromatic N) is 2. The molecule has 108 valence electrons. The molecule has 0 saturated heterocycles. The van der Waals surface area contributed by atoms with Crippen LogP contribution in [-0.4, -0.2) is 27.5 Å². The Morgan fingerprint density at radius 1 is 1.47 bits per heavy atom. The molecule has 1 aromatic rings. The Labute approximate surface area is 123 Å². The van der Waals surface area contributed by atoms with Gasteiger partial charge in [0.2, 0.25) is 0 Å². The second-order valence-electron chi connectivity index (χ2n) is 5.43. The minimum atomic E-state index is -0.726. The number of halogens is 1. The van der Waals surface area contributed by atoms with Crippen LogP contribution in [0.4, 0.5) is 0 Å². The molecule has 0 amide bonds. The number of aromatic nitrogens is 2. The summed E-state index contributed by atoms with van der Waals surface area (Å²) < 4.78 is 2.89. The van der Waals surface area contributed by atoms with Crippen LogP contribution in [0.15, 0.2) is 10.7 Å². The van der Waals surface area contributed by atoms with Gasteiger partial charge in [-0.3, -0.25) is 4.68 Å². The summed E-state index contributed by atoms with van der Waals surface area (Å²) in [6.07, 6.45) is 6.48. The van der Waals surface area contributed by atoms with Gasteiger partial charge in [0.15, 0.2) is 0 Å². The van der Waals surface area contributed by atoms with Crippen molar-refractivity contribution in [2.24, 2.45) is 0 Å². The Morgan fingerprint density at radius 2 is 2.16 bits per heavy atom. The first-order chi connectivity index (χ1) is 9.10. The van der Waals surface area contributed by atoms with Gasteiger partial charge in [-0.05, 0) is 54.6 Å². The van der Waals surface area contributed by atoms with Crippen LogP contribution in [0.3, 0.4) is 0 Å². The molecule has 4 nitrogen and oxygen atoms in total. The minimum absolute atomic E-state index is 0.548. The van der Waals surface area contributed by atoms with Crippen molar-refractivity contribution < 1.29 is 5.11 Å². The maximum atomic E-state index is 11.0. The van der Waals surface area contributed by atoms with E-state index < -0.39 is 5.60 Å². The van der Waals surface area contributed by atoms with Gasteiger partial charge < -0.3 is 10.4 Å². The van der Waals surface area contributed by atoms with Gasteiger partial charge in [-0.25, -0.2) is 0 Å². The van der Waals surface area contributed by atoms with Crippen LogP contribution in [-0.2, 0) is 12.1 Å². The van der Waals surface area contributed by atoms with Gasteiger partial charge in [0.1, 0.15) is 5.60 Å². The smallest absolute Gasteiger partial charge is 0.107 e. The van der Waals surface area contributed by atoms with E-state index in [2.05, 4.69) is 40.2 Å². The number of aryl methyl sites for hydroxylation is 1. The van der Waals surface area contributed by atoms with Crippen molar-refractivity contribution in [3.05, 3.63) is 16.4 Å². The van der Waals surface area contributed by atoms with Crippen LogP contribution in [0.5, 0.6) is 0 Å². The lowest BCUT2D eigenvalue weighted by Crippen LogP contribution is -2.41. The van der Waals surface area contributed by atoms with Gasteiger partial charge in [-0.1, -0.05) is 13.8 Å². The fourth-order valence-electron chi connectivity index (χ4n) is 3.03. The van der Waals surface area contributed by atoms with Gasteiger partial charge >= 0.3 is 0 Å². The molecule has 1 heterocycles. The highest BCUT2D eigenvalue weighted by molar-refractivity contribution is 9.10. The second-order valence-corrected chi connectivity index (χ2v) is 6.28. The van der Waals surface area contributed by atoms with Crippen LogP contribution in [0, 0.1) is 0 Å². The molecule has 0 aliphatic heterocycles. The summed E-state index contributed by atoms with van der Waals surface area (Å²) in [5.41, 5.74) is 0.237. The Hall–Kier alpha value is -0.390. The van der Waals surface area contributed by atoms with Crippen LogP contribution in [0.2, 0.25) is 0 Å². The number of rotatable bonds is 5. The highest BCUT2D eigenvalue weighted by Crippen LogP contribution is 2.40. The van der Waals surface area contributed by atoms with E-state index in [0.717, 1.165) is 55.4 Å². The first kappa shape index (κ1) is 15.0. The lowest BCUT2D eigenvalue weighted by molar-refractivity contribution is -0.0166. The molecule has 0 bridgehead atoms. The molecule has 5 heteroatoms. The average molecular weight is 330 g/mol. The Morgan fingerprint density at radius 3 is 2.74 bits per heavy atom. The number of hydrogen-bond donors (Lipinski definition) is 2. The van der Waals surface area contributed by atoms with E-state index in [-0.39, 0.29) is 0 Å². The van der Waals surface area contributed by atoms with Crippen molar-refractivity contribution in [3.8, 4) is 0 Å². The number of nitrogens with one attached hydrogen (secondary N) is 1. The third-order valence-electron chi connectivity index (χ3n) is 3.98. The van der Waals surface area contributed by atoms with E-state index >= 15 is 0 Å². The fraction of sp³-hybridized carbons (Fsp3) is 0.786. The lowest BCUT2D eigenvalue weighted by Gasteiger charge is -2.37. The standard InChI is InChI=1S/C14H24BrN3O/c1-3-9-18-13(12(15)10-17-18)14(19)7-5-11(6-8-14)16-4-2/h10-11,16,19H,3-9H2,1-2H3. The zero-order chi connectivity index (χ0) is 13.9. The zero-order valence-corrected chi connectivity index (χ0v) is 13.4. The molecule has 2 rings (SSSR count). The monoisotopic (exact) mass is 329 g/mol. The van der Waals surface area contributed by atoms with Crippen molar-refractivity contribution in [1.29, 1.82) is 0 Å². The fourth-order valence-corrected chi connectivity index (χ4v) is 3.70. The van der Waals surface area contributed by atoms with E-state index in [1.165, 1.54) is 0 Å². The zero-order valence-electron chi connectivity index (χ0n) is 11.8. The Balaban J connectivity index is 2.15. The summed E-state index contributed by atoms with van der Waals surface area (Å²) in [7, 11) is 0. The highest BCUT2D eigenvalue weighted by atomic mass is 79.9. The van der Waals surface area contributed by atoms with Crippen LogP contribution < -0.4 is 5.32 Å². The third-order valence-corrected chi connectivity index (χ3v) is 4.56. The lowest BCUT2D eigenvalue weighted by atomic mass is 9.80. The van der Waals surface area contributed by atoms with Gasteiger partial charge in [-0.15, -0.1) is 0 Å². The van der Waals surface area contributed by atoms with Gasteiger partial charge in [0, 0.05) is 12.6 Å². The third kappa shape index (κ3) is 3.20. The van der Waals surface area contributed by atoms with Crippen molar-refractivity contribution in [2.45, 2.75) is 64.1 Å². The van der Waals surface area contributed by atoms with Crippen molar-refractivity contribution >= 4 is 15.9 Å². The summed E-state index contributed by atoms with van der Waals surface area (Å²) in [5, 5.41) is 18.8. The molecule has 1 aliphatic rings. The molecule has 1 fully saturated rings. The average Bonchev–Trinajstić information content (AvgIpc) is 2.75. The predicted octanol–water partition coefficient (Wildman–Crippen LogP) is 2.80. The first-order valence-corrected chi connectivity index (χ1v) is 8.07. The second kappa shape index (κ2) is 6.37. The Bertz CT molecular complexity index is 411. The largest absolute Gasteiger partial charge is 0.384 e. The quantitative estimate of drug-likeness (QED) is 0.873. The van der Waals surface area contributed by atoms with E-state index in [1.807, 2.05) is 4.68 Å².